The number of fused-ring (bicyclic) bond motifs is 3. The quantitative estimate of drug-likeness (QED) is 0.308. The molecule has 1 aliphatic rings. The normalized spacial score (nSPS) is 15.0. The fraction of sp³-hybridized carbons (Fsp3) is 0.179. The minimum absolute atomic E-state index is 0.0342. The summed E-state index contributed by atoms with van der Waals surface area (Å²) in [5.41, 5.74) is 3.10. The molecule has 0 saturated carbocycles. The average Bonchev–Trinajstić information content (AvgIpc) is 3.46. The van der Waals surface area contributed by atoms with Gasteiger partial charge < -0.3 is 13.9 Å². The van der Waals surface area contributed by atoms with Crippen LogP contribution in [-0.2, 0) is 6.42 Å². The number of ether oxygens (including phenoxy) is 2. The summed E-state index contributed by atoms with van der Waals surface area (Å²) in [6.45, 7) is 2.10. The molecule has 3 aromatic carbocycles. The summed E-state index contributed by atoms with van der Waals surface area (Å²) in [6.07, 6.45) is 0.899. The zero-order valence-electron chi connectivity index (χ0n) is 19.9. The number of anilines is 1. The summed E-state index contributed by atoms with van der Waals surface area (Å²) in [7, 11) is 3.11. The Morgan fingerprint density at radius 3 is 2.58 bits per heavy atom. The lowest BCUT2D eigenvalue weighted by atomic mass is 9.98. The molecule has 180 valence electrons. The van der Waals surface area contributed by atoms with Crippen LogP contribution < -0.4 is 19.8 Å². The lowest BCUT2D eigenvalue weighted by molar-refractivity contribution is 0.0971. The van der Waals surface area contributed by atoms with Gasteiger partial charge >= 0.3 is 0 Å². The molecule has 0 bridgehead atoms. The number of aromatic nitrogens is 1. The van der Waals surface area contributed by atoms with E-state index in [1.165, 1.54) is 16.9 Å². The van der Waals surface area contributed by atoms with E-state index in [0.717, 1.165) is 16.6 Å². The van der Waals surface area contributed by atoms with Crippen LogP contribution in [-0.4, -0.2) is 25.1 Å². The molecule has 1 amide bonds. The molecule has 6 rings (SSSR count). The van der Waals surface area contributed by atoms with Crippen LogP contribution >= 0.6 is 11.3 Å². The predicted octanol–water partition coefficient (Wildman–Crippen LogP) is 5.73. The molecule has 0 unspecified atom stereocenters. The molecule has 1 aliphatic heterocycles. The summed E-state index contributed by atoms with van der Waals surface area (Å²) in [5.74, 6) is 0.683. The van der Waals surface area contributed by atoms with E-state index in [1.54, 1.807) is 55.5 Å². The summed E-state index contributed by atoms with van der Waals surface area (Å²) in [6, 6.07) is 17.7. The minimum Gasteiger partial charge on any atom is -0.493 e. The zero-order valence-corrected chi connectivity index (χ0v) is 20.7. The molecule has 0 fully saturated rings. The van der Waals surface area contributed by atoms with Gasteiger partial charge in [0.05, 0.1) is 41.4 Å². The van der Waals surface area contributed by atoms with Gasteiger partial charge in [-0.05, 0) is 53.9 Å². The van der Waals surface area contributed by atoms with E-state index in [0.29, 0.717) is 38.7 Å². The van der Waals surface area contributed by atoms with E-state index in [-0.39, 0.29) is 11.2 Å². The van der Waals surface area contributed by atoms with Crippen molar-refractivity contribution in [2.75, 3.05) is 19.1 Å². The van der Waals surface area contributed by atoms with Crippen molar-refractivity contribution >= 4 is 43.6 Å². The second-order valence-electron chi connectivity index (χ2n) is 8.51. The van der Waals surface area contributed by atoms with E-state index in [1.807, 2.05) is 18.2 Å². The van der Waals surface area contributed by atoms with Crippen molar-refractivity contribution in [1.29, 1.82) is 0 Å². The van der Waals surface area contributed by atoms with Crippen LogP contribution in [0.1, 0.15) is 40.2 Å². The zero-order chi connectivity index (χ0) is 25.0. The van der Waals surface area contributed by atoms with Crippen LogP contribution in [0.25, 0.3) is 21.2 Å². The van der Waals surface area contributed by atoms with Crippen molar-refractivity contribution in [1.82, 2.24) is 4.98 Å². The van der Waals surface area contributed by atoms with E-state index in [2.05, 4.69) is 13.0 Å². The largest absolute Gasteiger partial charge is 0.493 e. The molecular formula is C28H22N2O5S. The molecule has 7 nitrogen and oxygen atoms in total. The smallest absolute Gasteiger partial charge is 0.297 e. The number of hydrogen-bond acceptors (Lipinski definition) is 7. The van der Waals surface area contributed by atoms with Crippen LogP contribution in [0, 0.1) is 0 Å². The first-order valence-electron chi connectivity index (χ1n) is 11.5. The number of thiazole rings is 1. The average molecular weight is 499 g/mol. The van der Waals surface area contributed by atoms with Crippen molar-refractivity contribution in [3.05, 3.63) is 93.3 Å². The number of amides is 1. The van der Waals surface area contributed by atoms with Crippen LogP contribution in [0.4, 0.5) is 5.13 Å². The number of para-hydroxylation sites is 1. The Hall–Kier alpha value is -4.17. The second-order valence-corrected chi connectivity index (χ2v) is 9.52. The molecule has 0 saturated heterocycles. The first-order chi connectivity index (χ1) is 17.5. The van der Waals surface area contributed by atoms with E-state index in [4.69, 9.17) is 18.9 Å². The Labute approximate surface area is 210 Å². The molecule has 0 N–H and O–H groups in total. The fourth-order valence-electron chi connectivity index (χ4n) is 4.74. The van der Waals surface area contributed by atoms with Crippen molar-refractivity contribution in [3.63, 3.8) is 0 Å². The monoisotopic (exact) mass is 498 g/mol. The Balaban J connectivity index is 1.62. The number of hydrogen-bond donors (Lipinski definition) is 0. The first-order valence-corrected chi connectivity index (χ1v) is 12.4. The third-order valence-electron chi connectivity index (χ3n) is 6.56. The molecule has 0 aliphatic carbocycles. The van der Waals surface area contributed by atoms with Gasteiger partial charge in [0.2, 0.25) is 5.76 Å². The van der Waals surface area contributed by atoms with Gasteiger partial charge in [0.25, 0.3) is 5.91 Å². The highest BCUT2D eigenvalue weighted by molar-refractivity contribution is 7.22. The number of carbonyl (C=O) groups excluding carboxylic acids is 1. The molecule has 3 heterocycles. The molecule has 8 heteroatoms. The summed E-state index contributed by atoms with van der Waals surface area (Å²) in [5, 5.41) is 0.922. The topological polar surface area (TPSA) is 81.9 Å². The van der Waals surface area contributed by atoms with Gasteiger partial charge in [-0.15, -0.1) is 0 Å². The maximum atomic E-state index is 13.9. The van der Waals surface area contributed by atoms with Gasteiger partial charge in [0.1, 0.15) is 5.58 Å². The Morgan fingerprint density at radius 2 is 1.81 bits per heavy atom. The summed E-state index contributed by atoms with van der Waals surface area (Å²) >= 11 is 1.42. The van der Waals surface area contributed by atoms with Crippen molar-refractivity contribution in [2.45, 2.75) is 19.4 Å². The second kappa shape index (κ2) is 8.49. The molecule has 0 spiro atoms. The maximum absolute atomic E-state index is 13.9. The van der Waals surface area contributed by atoms with Crippen LogP contribution in [0.15, 0.2) is 69.9 Å². The van der Waals surface area contributed by atoms with Gasteiger partial charge in [-0.3, -0.25) is 14.5 Å². The standard InChI is InChI=1S/C28H22N2O5S/c1-4-15-9-11-18-22(13-15)36-28(29-18)30-24(16-10-12-20(33-2)21(14-16)34-3)23-25(31)17-7-5-6-8-19(17)35-26(23)27(30)32/h5-14,24H,4H2,1-3H3/t24-/m0/s1. The first kappa shape index (κ1) is 22.3. The van der Waals surface area contributed by atoms with Crippen molar-refractivity contribution in [2.24, 2.45) is 0 Å². The van der Waals surface area contributed by atoms with Gasteiger partial charge in [0.15, 0.2) is 22.1 Å². The number of benzene rings is 3. The van der Waals surface area contributed by atoms with E-state index in [9.17, 15) is 9.59 Å². The number of aryl methyl sites for hydroxylation is 1. The lowest BCUT2D eigenvalue weighted by Crippen LogP contribution is -2.29. The molecule has 0 radical (unpaired) electrons. The summed E-state index contributed by atoms with van der Waals surface area (Å²) in [4.78, 5) is 33.9. The number of rotatable bonds is 5. The highest BCUT2D eigenvalue weighted by Crippen LogP contribution is 2.45. The van der Waals surface area contributed by atoms with Crippen LogP contribution in [0.3, 0.4) is 0 Å². The van der Waals surface area contributed by atoms with Gasteiger partial charge in [0, 0.05) is 0 Å². The fourth-order valence-corrected chi connectivity index (χ4v) is 5.79. The molecular weight excluding hydrogens is 476 g/mol. The number of carbonyl (C=O) groups is 1. The van der Waals surface area contributed by atoms with Crippen molar-refractivity contribution < 1.29 is 18.7 Å². The Kier molecular flexibility index (Phi) is 5.26. The molecule has 2 aromatic heterocycles. The van der Waals surface area contributed by atoms with Crippen molar-refractivity contribution in [3.8, 4) is 11.5 Å². The summed E-state index contributed by atoms with van der Waals surface area (Å²) < 4.78 is 17.9. The van der Waals surface area contributed by atoms with E-state index >= 15 is 0 Å². The Morgan fingerprint density at radius 1 is 1.00 bits per heavy atom. The molecule has 5 aromatic rings. The third kappa shape index (κ3) is 3.29. The number of methoxy groups -OCH3 is 2. The van der Waals surface area contributed by atoms with Gasteiger partial charge in [-0.1, -0.05) is 42.5 Å². The third-order valence-corrected chi connectivity index (χ3v) is 7.57. The minimum atomic E-state index is -0.737. The SMILES string of the molecule is CCc1ccc2nc(N3C(=O)c4oc5ccccc5c(=O)c4[C@@H]3c3ccc(OC)c(OC)c3)sc2c1. The van der Waals surface area contributed by atoms with Crippen LogP contribution in [0.2, 0.25) is 0 Å². The maximum Gasteiger partial charge on any atom is 0.297 e. The van der Waals surface area contributed by atoms with Gasteiger partial charge in [-0.2, -0.15) is 0 Å². The van der Waals surface area contributed by atoms with Crippen LogP contribution in [0.5, 0.6) is 11.5 Å². The Bertz CT molecular complexity index is 1720. The van der Waals surface area contributed by atoms with E-state index < -0.39 is 11.9 Å². The molecule has 1 atom stereocenters. The number of nitrogens with zero attached hydrogens (tertiary/aromatic N) is 2. The predicted molar refractivity (Wildman–Crippen MR) is 140 cm³/mol. The molecule has 36 heavy (non-hydrogen) atoms. The highest BCUT2D eigenvalue weighted by atomic mass is 32.1. The van der Waals surface area contributed by atoms with Gasteiger partial charge in [-0.25, -0.2) is 4.98 Å². The lowest BCUT2D eigenvalue weighted by Gasteiger charge is -2.23. The highest BCUT2D eigenvalue weighted by Gasteiger charge is 2.45.